The number of urea groups is 1. The van der Waals surface area contributed by atoms with Crippen molar-refractivity contribution in [1.29, 1.82) is 0 Å². The van der Waals surface area contributed by atoms with Crippen LogP contribution in [0.15, 0.2) is 78.2 Å². The van der Waals surface area contributed by atoms with Gasteiger partial charge in [0.1, 0.15) is 29.7 Å². The molecule has 0 bridgehead atoms. The zero-order valence-electron chi connectivity index (χ0n) is 27.4. The second kappa shape index (κ2) is 15.2. The van der Waals surface area contributed by atoms with Gasteiger partial charge in [-0.1, -0.05) is 58.0 Å². The SMILES string of the molecule is C#CCCCn1c(=O)c(NC(=O)Nc2c(C(C)C)cccc2C(C)C)c(-c2cccc(OCCCn3cncn3)c2)c2cccnc21. The molecule has 5 aromatic rings. The molecule has 2 N–H and O–H groups in total. The summed E-state index contributed by atoms with van der Waals surface area (Å²) in [7, 11) is 0. The number of terminal acetylenes is 1. The van der Waals surface area contributed by atoms with Crippen LogP contribution in [0.25, 0.3) is 22.2 Å². The minimum absolute atomic E-state index is 0.153. The number of benzene rings is 2. The van der Waals surface area contributed by atoms with E-state index in [0.29, 0.717) is 55.1 Å². The van der Waals surface area contributed by atoms with Crippen molar-refractivity contribution < 1.29 is 9.53 Å². The van der Waals surface area contributed by atoms with Crippen LogP contribution in [0.3, 0.4) is 0 Å². The number of fused-ring (bicyclic) bond motifs is 1. The van der Waals surface area contributed by atoms with Gasteiger partial charge in [0.25, 0.3) is 5.56 Å². The van der Waals surface area contributed by atoms with Gasteiger partial charge in [-0.2, -0.15) is 5.10 Å². The Kier molecular flexibility index (Phi) is 10.7. The fourth-order valence-corrected chi connectivity index (χ4v) is 5.70. The van der Waals surface area contributed by atoms with E-state index in [0.717, 1.165) is 28.6 Å². The standard InChI is InChI=1S/C37H41N7O3/c1-6-7-8-20-44-35-31(17-11-18-39-35)32(27-13-9-14-28(22-27)47-21-12-19-43-24-38-23-40-43)34(36(44)45)42-37(46)41-33-29(25(2)3)15-10-16-30(33)26(4)5/h1,9-11,13-18,22-26H,7-8,12,19-21H2,2-5H3,(H2,41,42,46). The second-order valence-corrected chi connectivity index (χ2v) is 12.0. The van der Waals surface area contributed by atoms with Crippen molar-refractivity contribution in [2.75, 3.05) is 17.2 Å². The summed E-state index contributed by atoms with van der Waals surface area (Å²) < 4.78 is 9.44. The van der Waals surface area contributed by atoms with E-state index < -0.39 is 6.03 Å². The Morgan fingerprint density at radius 2 is 1.70 bits per heavy atom. The van der Waals surface area contributed by atoms with Crippen molar-refractivity contribution in [3.63, 3.8) is 0 Å². The van der Waals surface area contributed by atoms with Crippen LogP contribution in [-0.4, -0.2) is 37.0 Å². The number of aryl methyl sites for hydroxylation is 2. The van der Waals surface area contributed by atoms with E-state index in [1.807, 2.05) is 54.6 Å². The molecule has 10 heteroatoms. The first-order valence-electron chi connectivity index (χ1n) is 16.0. The van der Waals surface area contributed by atoms with Crippen molar-refractivity contribution in [3.8, 4) is 29.2 Å². The van der Waals surface area contributed by atoms with Crippen LogP contribution in [0.5, 0.6) is 5.75 Å². The number of carbonyl (C=O) groups excluding carboxylic acids is 1. The molecule has 2 aromatic carbocycles. The number of aromatic nitrogens is 5. The Balaban J connectivity index is 1.55. The van der Waals surface area contributed by atoms with E-state index in [9.17, 15) is 9.59 Å². The van der Waals surface area contributed by atoms with Crippen LogP contribution in [0.1, 0.15) is 69.9 Å². The number of unbranched alkanes of at least 4 members (excludes halogenated alkanes) is 1. The van der Waals surface area contributed by atoms with Gasteiger partial charge < -0.3 is 15.4 Å². The summed E-state index contributed by atoms with van der Waals surface area (Å²) >= 11 is 0. The maximum absolute atomic E-state index is 14.3. The third-order valence-electron chi connectivity index (χ3n) is 7.96. The molecule has 0 aliphatic heterocycles. The summed E-state index contributed by atoms with van der Waals surface area (Å²) in [4.78, 5) is 36.7. The Hall–Kier alpha value is -5.43. The lowest BCUT2D eigenvalue weighted by molar-refractivity contribution is 0.262. The molecule has 0 fully saturated rings. The number of hydrogen-bond donors (Lipinski definition) is 2. The number of pyridine rings is 2. The van der Waals surface area contributed by atoms with Gasteiger partial charge in [-0.05, 0) is 59.2 Å². The van der Waals surface area contributed by atoms with Crippen LogP contribution < -0.4 is 20.9 Å². The Morgan fingerprint density at radius 1 is 0.957 bits per heavy atom. The molecule has 47 heavy (non-hydrogen) atoms. The molecule has 5 rings (SSSR count). The quantitative estimate of drug-likeness (QED) is 0.103. The van der Waals surface area contributed by atoms with Gasteiger partial charge in [-0.15, -0.1) is 12.3 Å². The second-order valence-electron chi connectivity index (χ2n) is 12.0. The summed E-state index contributed by atoms with van der Waals surface area (Å²) in [6, 6.07) is 16.8. The smallest absolute Gasteiger partial charge is 0.323 e. The molecule has 0 spiro atoms. The van der Waals surface area contributed by atoms with Gasteiger partial charge in [0, 0.05) is 48.8 Å². The third kappa shape index (κ3) is 7.69. The topological polar surface area (TPSA) is 116 Å². The Morgan fingerprint density at radius 3 is 2.40 bits per heavy atom. The molecule has 242 valence electrons. The van der Waals surface area contributed by atoms with Crippen molar-refractivity contribution in [2.24, 2.45) is 0 Å². The summed E-state index contributed by atoms with van der Waals surface area (Å²) in [5.74, 6) is 3.64. The summed E-state index contributed by atoms with van der Waals surface area (Å²) in [5, 5.41) is 10.9. The Bertz CT molecular complexity index is 1910. The van der Waals surface area contributed by atoms with Crippen molar-refractivity contribution in [1.82, 2.24) is 24.3 Å². The molecule has 0 unspecified atom stereocenters. The number of amides is 2. The molecule has 2 amide bonds. The van der Waals surface area contributed by atoms with Gasteiger partial charge >= 0.3 is 6.03 Å². The molecule has 3 aromatic heterocycles. The average Bonchev–Trinajstić information content (AvgIpc) is 3.58. The van der Waals surface area contributed by atoms with Crippen LogP contribution >= 0.6 is 0 Å². The normalized spacial score (nSPS) is 11.2. The number of hydrogen-bond acceptors (Lipinski definition) is 6. The molecule has 0 aliphatic rings. The van der Waals surface area contributed by atoms with Gasteiger partial charge in [-0.25, -0.2) is 14.8 Å². The van der Waals surface area contributed by atoms with Crippen LogP contribution in [0.2, 0.25) is 0 Å². The number of ether oxygens (including phenoxy) is 1. The molecule has 0 radical (unpaired) electrons. The maximum atomic E-state index is 14.3. The molecular weight excluding hydrogens is 590 g/mol. The monoisotopic (exact) mass is 631 g/mol. The van der Waals surface area contributed by atoms with E-state index >= 15 is 0 Å². The van der Waals surface area contributed by atoms with Crippen LogP contribution in [0.4, 0.5) is 16.2 Å². The highest BCUT2D eigenvalue weighted by molar-refractivity contribution is 6.07. The molecule has 0 saturated carbocycles. The van der Waals surface area contributed by atoms with Gasteiger partial charge in [-0.3, -0.25) is 14.0 Å². The fraction of sp³-hybridized carbons (Fsp3) is 0.324. The number of para-hydroxylation sites is 1. The lowest BCUT2D eigenvalue weighted by atomic mass is 9.93. The number of nitrogens with one attached hydrogen (secondary N) is 2. The van der Waals surface area contributed by atoms with Gasteiger partial charge in [0.2, 0.25) is 0 Å². The predicted molar refractivity (Wildman–Crippen MR) is 187 cm³/mol. The third-order valence-corrected chi connectivity index (χ3v) is 7.96. The number of nitrogens with zero attached hydrogens (tertiary/aromatic N) is 5. The zero-order chi connectivity index (χ0) is 33.3. The first-order chi connectivity index (χ1) is 22.8. The first kappa shape index (κ1) is 32.9. The molecule has 3 heterocycles. The van der Waals surface area contributed by atoms with E-state index in [2.05, 4.69) is 59.3 Å². The van der Waals surface area contributed by atoms with Crippen LogP contribution in [0, 0.1) is 12.3 Å². The lowest BCUT2D eigenvalue weighted by Gasteiger charge is -2.22. The van der Waals surface area contributed by atoms with Gasteiger partial charge in [0.15, 0.2) is 0 Å². The number of carbonyl (C=O) groups is 1. The highest BCUT2D eigenvalue weighted by Crippen LogP contribution is 2.36. The van der Waals surface area contributed by atoms with E-state index in [1.165, 1.54) is 6.33 Å². The number of rotatable bonds is 13. The zero-order valence-corrected chi connectivity index (χ0v) is 27.4. The molecule has 0 atom stereocenters. The molecule has 0 aliphatic carbocycles. The average molecular weight is 632 g/mol. The predicted octanol–water partition coefficient (Wildman–Crippen LogP) is 7.43. The van der Waals surface area contributed by atoms with Crippen LogP contribution in [-0.2, 0) is 13.1 Å². The molecule has 0 saturated heterocycles. The molecule has 10 nitrogen and oxygen atoms in total. The van der Waals surface area contributed by atoms with Gasteiger partial charge in [0.05, 0.1) is 6.61 Å². The highest BCUT2D eigenvalue weighted by atomic mass is 16.5. The van der Waals surface area contributed by atoms with Crippen molar-refractivity contribution >= 4 is 28.4 Å². The van der Waals surface area contributed by atoms with Crippen molar-refractivity contribution in [2.45, 2.75) is 71.9 Å². The Labute approximate surface area is 275 Å². The van der Waals surface area contributed by atoms with E-state index in [4.69, 9.17) is 11.2 Å². The first-order valence-corrected chi connectivity index (χ1v) is 16.0. The van der Waals surface area contributed by atoms with E-state index in [1.54, 1.807) is 21.8 Å². The fourth-order valence-electron chi connectivity index (χ4n) is 5.70. The summed E-state index contributed by atoms with van der Waals surface area (Å²) in [5.41, 5.74) is 4.39. The largest absolute Gasteiger partial charge is 0.494 e. The minimum Gasteiger partial charge on any atom is -0.494 e. The summed E-state index contributed by atoms with van der Waals surface area (Å²) in [6.07, 6.45) is 12.2. The minimum atomic E-state index is -0.503. The summed E-state index contributed by atoms with van der Waals surface area (Å²) in [6.45, 7) is 9.87. The lowest BCUT2D eigenvalue weighted by Crippen LogP contribution is -2.30. The van der Waals surface area contributed by atoms with E-state index in [-0.39, 0.29) is 23.1 Å². The molecular formula is C37H41N7O3. The maximum Gasteiger partial charge on any atom is 0.323 e. The highest BCUT2D eigenvalue weighted by Gasteiger charge is 2.23. The number of anilines is 2. The van der Waals surface area contributed by atoms with Crippen molar-refractivity contribution in [3.05, 3.63) is 94.9 Å².